The van der Waals surface area contributed by atoms with Crippen LogP contribution in [0.2, 0.25) is 0 Å². The predicted octanol–water partition coefficient (Wildman–Crippen LogP) is 1.69. The number of pyridine rings is 1. The first-order valence-electron chi connectivity index (χ1n) is 7.32. The van der Waals surface area contributed by atoms with Gasteiger partial charge in [0.2, 0.25) is 11.1 Å². The molecule has 0 unspecified atom stereocenters. The van der Waals surface area contributed by atoms with Crippen LogP contribution in [0.3, 0.4) is 0 Å². The summed E-state index contributed by atoms with van der Waals surface area (Å²) in [4.78, 5) is 26.1. The molecule has 1 amide bonds. The summed E-state index contributed by atoms with van der Waals surface area (Å²) in [5.41, 5.74) is 1.15. The van der Waals surface area contributed by atoms with Gasteiger partial charge in [0.15, 0.2) is 5.82 Å². The van der Waals surface area contributed by atoms with E-state index in [4.69, 9.17) is 5.84 Å². The van der Waals surface area contributed by atoms with E-state index in [2.05, 4.69) is 20.5 Å². The number of anilines is 1. The maximum Gasteiger partial charge on any atom is 0.269 e. The number of nitro benzene ring substituents is 1. The molecule has 3 N–H and O–H groups in total. The largest absolute Gasteiger partial charge is 0.335 e. The average molecular weight is 371 g/mol. The summed E-state index contributed by atoms with van der Waals surface area (Å²) in [6.45, 7) is 0. The third-order valence-electron chi connectivity index (χ3n) is 3.28. The fourth-order valence-electron chi connectivity index (χ4n) is 2.07. The van der Waals surface area contributed by atoms with Crippen molar-refractivity contribution < 1.29 is 9.72 Å². The van der Waals surface area contributed by atoms with Crippen molar-refractivity contribution in [3.05, 3.63) is 58.9 Å². The highest BCUT2D eigenvalue weighted by molar-refractivity contribution is 7.99. The lowest BCUT2D eigenvalue weighted by Gasteiger charge is -2.05. The first-order chi connectivity index (χ1) is 12.5. The Balaban J connectivity index is 1.65. The lowest BCUT2D eigenvalue weighted by atomic mass is 10.2. The lowest BCUT2D eigenvalue weighted by Crippen LogP contribution is -2.16. The predicted molar refractivity (Wildman–Crippen MR) is 95.9 cm³/mol. The number of nitrogen functional groups attached to an aromatic ring is 1. The molecular formula is C15H13N7O3S. The van der Waals surface area contributed by atoms with Gasteiger partial charge in [-0.2, -0.15) is 0 Å². The van der Waals surface area contributed by atoms with Gasteiger partial charge in [-0.1, -0.05) is 11.8 Å². The smallest absolute Gasteiger partial charge is 0.269 e. The molecule has 1 aromatic carbocycles. The molecule has 0 aliphatic heterocycles. The number of non-ortho nitro benzene ring substituents is 1. The maximum atomic E-state index is 12.0. The average Bonchev–Trinajstić information content (AvgIpc) is 3.01. The SMILES string of the molecule is Nn1c(SCC(=O)Nc2cccnc2)nnc1-c1ccc([N+](=O)[O-])cc1. The summed E-state index contributed by atoms with van der Waals surface area (Å²) in [7, 11) is 0. The minimum atomic E-state index is -0.487. The van der Waals surface area contributed by atoms with Crippen molar-refractivity contribution in [2.24, 2.45) is 0 Å². The number of carbonyl (C=O) groups is 1. The minimum Gasteiger partial charge on any atom is -0.335 e. The Bertz CT molecular complexity index is 928. The van der Waals surface area contributed by atoms with E-state index in [1.807, 2.05) is 0 Å². The molecule has 0 aliphatic rings. The summed E-state index contributed by atoms with van der Waals surface area (Å²) >= 11 is 1.12. The fourth-order valence-corrected chi connectivity index (χ4v) is 2.72. The molecule has 0 radical (unpaired) electrons. The highest BCUT2D eigenvalue weighted by Gasteiger charge is 2.15. The van der Waals surface area contributed by atoms with E-state index in [0.29, 0.717) is 22.2 Å². The molecule has 0 saturated carbocycles. The summed E-state index contributed by atoms with van der Waals surface area (Å²) in [5.74, 6) is 6.16. The molecule has 132 valence electrons. The monoisotopic (exact) mass is 371 g/mol. The van der Waals surface area contributed by atoms with Crippen LogP contribution in [0.15, 0.2) is 53.9 Å². The topological polar surface area (TPSA) is 142 Å². The zero-order valence-corrected chi connectivity index (χ0v) is 14.1. The van der Waals surface area contributed by atoms with E-state index in [1.165, 1.54) is 28.9 Å². The van der Waals surface area contributed by atoms with Crippen molar-refractivity contribution in [1.82, 2.24) is 19.9 Å². The molecule has 10 nitrogen and oxygen atoms in total. The molecule has 0 atom stereocenters. The van der Waals surface area contributed by atoms with Crippen LogP contribution in [0.25, 0.3) is 11.4 Å². The molecule has 0 fully saturated rings. The van der Waals surface area contributed by atoms with E-state index in [9.17, 15) is 14.9 Å². The summed E-state index contributed by atoms with van der Waals surface area (Å²) in [6.07, 6.45) is 3.15. The molecule has 0 saturated heterocycles. The standard InChI is InChI=1S/C15H13N7O3S/c16-21-14(10-3-5-12(6-4-10)22(24)25)19-20-15(21)26-9-13(23)18-11-2-1-7-17-8-11/h1-8H,9,16H2,(H,18,23). The Morgan fingerprint density at radius 2 is 2.04 bits per heavy atom. The molecular weight excluding hydrogens is 358 g/mol. The lowest BCUT2D eigenvalue weighted by molar-refractivity contribution is -0.384. The summed E-state index contributed by atoms with van der Waals surface area (Å²) in [6, 6.07) is 9.24. The van der Waals surface area contributed by atoms with Crippen molar-refractivity contribution in [2.45, 2.75) is 5.16 Å². The third-order valence-corrected chi connectivity index (χ3v) is 4.22. The van der Waals surface area contributed by atoms with Crippen molar-refractivity contribution in [2.75, 3.05) is 16.9 Å². The van der Waals surface area contributed by atoms with Gasteiger partial charge >= 0.3 is 0 Å². The number of nitrogens with two attached hydrogens (primary N) is 1. The number of benzene rings is 1. The van der Waals surface area contributed by atoms with Gasteiger partial charge in [0, 0.05) is 23.9 Å². The molecule has 0 spiro atoms. The zero-order chi connectivity index (χ0) is 18.5. The van der Waals surface area contributed by atoms with Gasteiger partial charge in [0.25, 0.3) is 5.69 Å². The van der Waals surface area contributed by atoms with E-state index in [1.54, 1.807) is 24.5 Å². The molecule has 2 heterocycles. The van der Waals surface area contributed by atoms with Crippen LogP contribution in [0.5, 0.6) is 0 Å². The number of nitrogens with zero attached hydrogens (tertiary/aromatic N) is 5. The van der Waals surface area contributed by atoms with Gasteiger partial charge in [0.1, 0.15) is 0 Å². The second kappa shape index (κ2) is 7.61. The first-order valence-corrected chi connectivity index (χ1v) is 8.31. The minimum absolute atomic E-state index is 0.0292. The van der Waals surface area contributed by atoms with Gasteiger partial charge < -0.3 is 11.2 Å². The maximum absolute atomic E-state index is 12.0. The molecule has 0 aliphatic carbocycles. The molecule has 11 heteroatoms. The van der Waals surface area contributed by atoms with E-state index >= 15 is 0 Å². The number of aromatic nitrogens is 4. The number of nitro groups is 1. The normalized spacial score (nSPS) is 10.5. The number of thioether (sulfide) groups is 1. The van der Waals surface area contributed by atoms with Crippen LogP contribution in [0.1, 0.15) is 0 Å². The second-order valence-electron chi connectivity index (χ2n) is 5.06. The van der Waals surface area contributed by atoms with Crippen molar-refractivity contribution in [3.63, 3.8) is 0 Å². The van der Waals surface area contributed by atoms with Crippen LogP contribution < -0.4 is 11.2 Å². The number of amides is 1. The van der Waals surface area contributed by atoms with E-state index in [-0.39, 0.29) is 17.3 Å². The summed E-state index contributed by atoms with van der Waals surface area (Å²) in [5, 5.41) is 21.7. The first kappa shape index (κ1) is 17.4. The Kier molecular flexibility index (Phi) is 5.08. The van der Waals surface area contributed by atoms with Crippen LogP contribution in [0, 0.1) is 10.1 Å². The van der Waals surface area contributed by atoms with Crippen LogP contribution in [-0.4, -0.2) is 36.4 Å². The molecule has 3 aromatic rings. The Labute approximate surface area is 151 Å². The van der Waals surface area contributed by atoms with Crippen molar-refractivity contribution in [3.8, 4) is 11.4 Å². The Hall–Kier alpha value is -3.47. The van der Waals surface area contributed by atoms with Crippen LogP contribution in [-0.2, 0) is 4.79 Å². The quantitative estimate of drug-likeness (QED) is 0.288. The third kappa shape index (κ3) is 3.95. The van der Waals surface area contributed by atoms with Crippen molar-refractivity contribution in [1.29, 1.82) is 0 Å². The Morgan fingerprint density at radius 1 is 1.27 bits per heavy atom. The highest BCUT2D eigenvalue weighted by atomic mass is 32.2. The number of hydrogen-bond acceptors (Lipinski definition) is 8. The fraction of sp³-hybridized carbons (Fsp3) is 0.0667. The summed E-state index contributed by atoms with van der Waals surface area (Å²) < 4.78 is 1.24. The zero-order valence-electron chi connectivity index (χ0n) is 13.3. The van der Waals surface area contributed by atoms with E-state index in [0.717, 1.165) is 11.8 Å². The second-order valence-corrected chi connectivity index (χ2v) is 6.00. The van der Waals surface area contributed by atoms with Crippen LogP contribution in [0.4, 0.5) is 11.4 Å². The molecule has 3 rings (SSSR count). The van der Waals surface area contributed by atoms with Gasteiger partial charge in [-0.15, -0.1) is 10.2 Å². The Morgan fingerprint density at radius 3 is 2.69 bits per heavy atom. The molecule has 0 bridgehead atoms. The highest BCUT2D eigenvalue weighted by Crippen LogP contribution is 2.23. The molecule has 26 heavy (non-hydrogen) atoms. The number of nitrogens with one attached hydrogen (secondary N) is 1. The number of carbonyl (C=O) groups excluding carboxylic acids is 1. The van der Waals surface area contributed by atoms with Gasteiger partial charge in [0.05, 0.1) is 22.6 Å². The van der Waals surface area contributed by atoms with Crippen molar-refractivity contribution >= 4 is 29.0 Å². The number of rotatable bonds is 6. The van der Waals surface area contributed by atoms with E-state index < -0.39 is 4.92 Å². The molecule has 2 aromatic heterocycles. The van der Waals surface area contributed by atoms with Crippen LogP contribution >= 0.6 is 11.8 Å². The number of hydrogen-bond donors (Lipinski definition) is 2. The van der Waals surface area contributed by atoms with Gasteiger partial charge in [-0.25, -0.2) is 4.68 Å². The van der Waals surface area contributed by atoms with Gasteiger partial charge in [-0.3, -0.25) is 19.9 Å². The van der Waals surface area contributed by atoms with Gasteiger partial charge in [-0.05, 0) is 24.3 Å².